The molecule has 2 aliphatic heterocycles. The quantitative estimate of drug-likeness (QED) is 0.804. The van der Waals surface area contributed by atoms with Crippen LogP contribution in [0.3, 0.4) is 0 Å². The van der Waals surface area contributed by atoms with E-state index in [9.17, 15) is 13.2 Å². The Morgan fingerprint density at radius 1 is 1.26 bits per heavy atom. The number of likely N-dealkylation sites (tertiary alicyclic amines) is 1. The Hall–Kier alpha value is -1.44. The van der Waals surface area contributed by atoms with Crippen LogP contribution in [0.4, 0.5) is 0 Å². The van der Waals surface area contributed by atoms with Crippen LogP contribution in [0.2, 0.25) is 0 Å². The summed E-state index contributed by atoms with van der Waals surface area (Å²) in [5.74, 6) is 0.0645. The average molecular weight is 338 g/mol. The van der Waals surface area contributed by atoms with Crippen molar-refractivity contribution in [1.29, 1.82) is 0 Å². The second kappa shape index (κ2) is 6.59. The molecule has 2 saturated heterocycles. The average Bonchev–Trinajstić information content (AvgIpc) is 2.92. The highest BCUT2D eigenvalue weighted by Crippen LogP contribution is 2.24. The number of carbonyl (C=O) groups is 1. The summed E-state index contributed by atoms with van der Waals surface area (Å²) in [6.45, 7) is 1.08. The molecular weight excluding hydrogens is 316 g/mol. The lowest BCUT2D eigenvalue weighted by atomic mass is 10.1. The number of nitrogens with zero attached hydrogens (tertiary/aromatic N) is 2. The van der Waals surface area contributed by atoms with E-state index in [2.05, 4.69) is 0 Å². The number of hydrogen-bond acceptors (Lipinski definition) is 4. The maximum atomic E-state index is 12.4. The maximum absolute atomic E-state index is 12.4. The van der Waals surface area contributed by atoms with Gasteiger partial charge in [-0.05, 0) is 12.0 Å². The van der Waals surface area contributed by atoms with Crippen molar-refractivity contribution < 1.29 is 17.9 Å². The summed E-state index contributed by atoms with van der Waals surface area (Å²) in [5, 5.41) is 0. The van der Waals surface area contributed by atoms with Crippen molar-refractivity contribution >= 4 is 15.9 Å². The van der Waals surface area contributed by atoms with E-state index in [-0.39, 0.29) is 30.4 Å². The predicted molar refractivity (Wildman–Crippen MR) is 86.4 cm³/mol. The van der Waals surface area contributed by atoms with Crippen LogP contribution >= 0.6 is 0 Å². The summed E-state index contributed by atoms with van der Waals surface area (Å²) in [6, 6.07) is 9.61. The van der Waals surface area contributed by atoms with Crippen LogP contribution < -0.4 is 0 Å². The van der Waals surface area contributed by atoms with Gasteiger partial charge in [0, 0.05) is 26.6 Å². The van der Waals surface area contributed by atoms with Gasteiger partial charge in [-0.3, -0.25) is 4.79 Å². The van der Waals surface area contributed by atoms with Gasteiger partial charge in [-0.1, -0.05) is 30.3 Å². The summed E-state index contributed by atoms with van der Waals surface area (Å²) in [4.78, 5) is 14.2. The number of amides is 1. The number of rotatable bonds is 3. The lowest BCUT2D eigenvalue weighted by Gasteiger charge is -2.23. The van der Waals surface area contributed by atoms with Crippen LogP contribution in [0.25, 0.3) is 0 Å². The summed E-state index contributed by atoms with van der Waals surface area (Å²) in [5.41, 5.74) is 1.13. The first-order valence-corrected chi connectivity index (χ1v) is 9.47. The topological polar surface area (TPSA) is 66.9 Å². The van der Waals surface area contributed by atoms with Crippen LogP contribution in [0, 0.1) is 0 Å². The highest BCUT2D eigenvalue weighted by molar-refractivity contribution is 7.89. The molecule has 0 N–H and O–H groups in total. The minimum Gasteiger partial charge on any atom is -0.374 e. The van der Waals surface area contributed by atoms with Gasteiger partial charge in [-0.2, -0.15) is 4.31 Å². The van der Waals surface area contributed by atoms with Crippen molar-refractivity contribution in [2.75, 3.05) is 32.5 Å². The molecule has 0 radical (unpaired) electrons. The monoisotopic (exact) mass is 338 g/mol. The zero-order valence-electron chi connectivity index (χ0n) is 13.2. The van der Waals surface area contributed by atoms with Crippen LogP contribution in [0.1, 0.15) is 12.0 Å². The number of likely N-dealkylation sites (N-methyl/N-ethyl adjacent to an activating group) is 1. The Kier molecular flexibility index (Phi) is 4.70. The smallest absolute Gasteiger partial charge is 0.223 e. The molecule has 2 fully saturated rings. The van der Waals surface area contributed by atoms with Crippen molar-refractivity contribution in [3.63, 3.8) is 0 Å². The Bertz CT molecular complexity index is 662. The van der Waals surface area contributed by atoms with E-state index in [1.165, 1.54) is 4.31 Å². The lowest BCUT2D eigenvalue weighted by molar-refractivity contribution is -0.130. The van der Waals surface area contributed by atoms with E-state index in [4.69, 9.17) is 4.74 Å². The Morgan fingerprint density at radius 3 is 2.74 bits per heavy atom. The molecular formula is C16H22N2O4S. The summed E-state index contributed by atoms with van der Waals surface area (Å²) in [7, 11) is -1.70. The number of fused-ring (bicyclic) bond motifs is 1. The van der Waals surface area contributed by atoms with E-state index < -0.39 is 10.0 Å². The minimum absolute atomic E-state index is 0.0124. The number of aryl methyl sites for hydroxylation is 1. The summed E-state index contributed by atoms with van der Waals surface area (Å²) in [6.07, 6.45) is 0.901. The van der Waals surface area contributed by atoms with Crippen LogP contribution in [0.15, 0.2) is 30.3 Å². The van der Waals surface area contributed by atoms with Gasteiger partial charge in [0.25, 0.3) is 0 Å². The second-order valence-corrected chi connectivity index (χ2v) is 8.24. The number of hydrogen-bond donors (Lipinski definition) is 0. The Morgan fingerprint density at radius 2 is 2.00 bits per heavy atom. The third-order valence-corrected chi connectivity index (χ3v) is 6.47. The highest BCUT2D eigenvalue weighted by atomic mass is 32.2. The standard InChI is InChI=1S/C16H22N2O4S/c1-17-14-11-18(12-15(14)22-9-10-23(17,20)21)16(19)8-7-13-5-3-2-4-6-13/h2-6,14-15H,7-12H2,1H3/t14-,15+/m1/s1. The first-order chi connectivity index (χ1) is 11.0. The normalized spacial score (nSPS) is 27.4. The zero-order valence-corrected chi connectivity index (χ0v) is 14.0. The van der Waals surface area contributed by atoms with Gasteiger partial charge < -0.3 is 9.64 Å². The van der Waals surface area contributed by atoms with Crippen LogP contribution in [-0.4, -0.2) is 68.2 Å². The molecule has 2 atom stereocenters. The van der Waals surface area contributed by atoms with Gasteiger partial charge in [0.15, 0.2) is 0 Å². The zero-order chi connectivity index (χ0) is 16.4. The van der Waals surface area contributed by atoms with Gasteiger partial charge in [0.1, 0.15) is 0 Å². The lowest BCUT2D eigenvalue weighted by Crippen LogP contribution is -2.43. The third-order valence-electron chi connectivity index (χ3n) is 4.64. The Labute approximate surface area is 137 Å². The molecule has 0 aromatic heterocycles. The molecule has 1 aromatic carbocycles. The first kappa shape index (κ1) is 16.4. The molecule has 7 heteroatoms. The number of carbonyl (C=O) groups excluding carboxylic acids is 1. The van der Waals surface area contributed by atoms with Crippen molar-refractivity contribution in [3.8, 4) is 0 Å². The van der Waals surface area contributed by atoms with Crippen LogP contribution in [-0.2, 0) is 26.0 Å². The van der Waals surface area contributed by atoms with Crippen LogP contribution in [0.5, 0.6) is 0 Å². The summed E-state index contributed by atoms with van der Waals surface area (Å²) < 4.78 is 31.2. The molecule has 1 aromatic rings. The highest BCUT2D eigenvalue weighted by Gasteiger charge is 2.43. The SMILES string of the molecule is CN1[C@@H]2CN(C(=O)CCc3ccccc3)C[C@@H]2OCCS1(=O)=O. The van der Waals surface area contributed by atoms with E-state index in [0.29, 0.717) is 25.9 Å². The number of sulfonamides is 1. The molecule has 0 aliphatic carbocycles. The molecule has 126 valence electrons. The molecule has 3 rings (SSSR count). The minimum atomic E-state index is -3.29. The Balaban J connectivity index is 1.61. The molecule has 1 amide bonds. The van der Waals surface area contributed by atoms with Crippen molar-refractivity contribution in [3.05, 3.63) is 35.9 Å². The molecule has 2 aliphatic rings. The fourth-order valence-electron chi connectivity index (χ4n) is 3.18. The van der Waals surface area contributed by atoms with Gasteiger partial charge in [0.2, 0.25) is 15.9 Å². The second-order valence-electron chi connectivity index (χ2n) is 6.09. The van der Waals surface area contributed by atoms with Gasteiger partial charge in [0.05, 0.1) is 24.5 Å². The van der Waals surface area contributed by atoms with Crippen molar-refractivity contribution in [2.45, 2.75) is 25.0 Å². The molecule has 23 heavy (non-hydrogen) atoms. The maximum Gasteiger partial charge on any atom is 0.223 e. The molecule has 0 unspecified atom stereocenters. The van der Waals surface area contributed by atoms with Gasteiger partial charge >= 0.3 is 0 Å². The molecule has 6 nitrogen and oxygen atoms in total. The summed E-state index contributed by atoms with van der Waals surface area (Å²) >= 11 is 0. The first-order valence-electron chi connectivity index (χ1n) is 7.86. The van der Waals surface area contributed by atoms with E-state index in [1.807, 2.05) is 30.3 Å². The number of ether oxygens (including phenoxy) is 1. The third kappa shape index (κ3) is 3.57. The fourth-order valence-corrected chi connectivity index (χ4v) is 4.39. The fraction of sp³-hybridized carbons (Fsp3) is 0.562. The molecule has 2 heterocycles. The van der Waals surface area contributed by atoms with E-state index in [0.717, 1.165) is 5.56 Å². The number of benzene rings is 1. The van der Waals surface area contributed by atoms with Gasteiger partial charge in [-0.25, -0.2) is 8.42 Å². The van der Waals surface area contributed by atoms with E-state index in [1.54, 1.807) is 11.9 Å². The van der Waals surface area contributed by atoms with E-state index >= 15 is 0 Å². The predicted octanol–water partition coefficient (Wildman–Crippen LogP) is 0.490. The van der Waals surface area contributed by atoms with Crippen molar-refractivity contribution in [2.24, 2.45) is 0 Å². The largest absolute Gasteiger partial charge is 0.374 e. The molecule has 0 saturated carbocycles. The van der Waals surface area contributed by atoms with Crippen molar-refractivity contribution in [1.82, 2.24) is 9.21 Å². The molecule has 0 bridgehead atoms. The molecule has 0 spiro atoms. The van der Waals surface area contributed by atoms with Gasteiger partial charge in [-0.15, -0.1) is 0 Å².